The molecule has 2 atom stereocenters. The van der Waals surface area contributed by atoms with Crippen LogP contribution in [0, 0.1) is 0 Å². The van der Waals surface area contributed by atoms with E-state index in [0.29, 0.717) is 17.6 Å². The van der Waals surface area contributed by atoms with Crippen LogP contribution >= 0.6 is 15.9 Å². The molecule has 5 nitrogen and oxygen atoms in total. The van der Waals surface area contributed by atoms with Crippen molar-refractivity contribution >= 4 is 21.8 Å². The lowest BCUT2D eigenvalue weighted by atomic mass is 10.1. The summed E-state index contributed by atoms with van der Waals surface area (Å²) in [4.78, 5) is 14.7. The molecule has 2 fully saturated rings. The number of aromatic nitrogens is 2. The van der Waals surface area contributed by atoms with E-state index in [1.165, 1.54) is 12.8 Å². The zero-order valence-corrected chi connectivity index (χ0v) is 14.4. The minimum absolute atomic E-state index is 0.0839. The van der Waals surface area contributed by atoms with E-state index in [1.54, 1.807) is 10.9 Å². The SMILES string of the molecule is O=C(c1cnn(-c2cccc(Br)c2)c1)N1CCC2CCC(C1)N2. The first kappa shape index (κ1) is 14.9. The van der Waals surface area contributed by atoms with Gasteiger partial charge in [-0.3, -0.25) is 4.79 Å². The van der Waals surface area contributed by atoms with Crippen molar-refractivity contribution in [2.45, 2.75) is 31.3 Å². The van der Waals surface area contributed by atoms with Crippen molar-refractivity contribution in [3.05, 3.63) is 46.7 Å². The number of fused-ring (bicyclic) bond motifs is 2. The Bertz CT molecular complexity index is 729. The van der Waals surface area contributed by atoms with Gasteiger partial charge in [0, 0.05) is 35.8 Å². The largest absolute Gasteiger partial charge is 0.337 e. The number of rotatable bonds is 2. The second-order valence-electron chi connectivity index (χ2n) is 6.33. The van der Waals surface area contributed by atoms with Gasteiger partial charge in [0.1, 0.15) is 0 Å². The lowest BCUT2D eigenvalue weighted by Crippen LogP contribution is -2.38. The summed E-state index contributed by atoms with van der Waals surface area (Å²) in [6, 6.07) is 8.92. The van der Waals surface area contributed by atoms with Gasteiger partial charge in [-0.05, 0) is 37.5 Å². The van der Waals surface area contributed by atoms with Gasteiger partial charge < -0.3 is 10.2 Å². The number of hydrogen-bond donors (Lipinski definition) is 1. The Balaban J connectivity index is 1.53. The number of carbonyl (C=O) groups excluding carboxylic acids is 1. The number of likely N-dealkylation sites (tertiary alicyclic amines) is 1. The number of nitrogens with zero attached hydrogens (tertiary/aromatic N) is 3. The van der Waals surface area contributed by atoms with Gasteiger partial charge in [0.15, 0.2) is 0 Å². The molecule has 2 aliphatic heterocycles. The van der Waals surface area contributed by atoms with Gasteiger partial charge in [-0.25, -0.2) is 4.68 Å². The van der Waals surface area contributed by atoms with Crippen LogP contribution in [-0.2, 0) is 0 Å². The molecular formula is C17H19BrN4O. The quantitative estimate of drug-likeness (QED) is 0.878. The number of halogens is 1. The highest BCUT2D eigenvalue weighted by atomic mass is 79.9. The van der Waals surface area contributed by atoms with Gasteiger partial charge in [-0.2, -0.15) is 5.10 Å². The van der Waals surface area contributed by atoms with Gasteiger partial charge >= 0.3 is 0 Å². The van der Waals surface area contributed by atoms with E-state index in [0.717, 1.165) is 29.7 Å². The molecule has 0 radical (unpaired) electrons. The Morgan fingerprint density at radius 2 is 2.13 bits per heavy atom. The molecule has 2 aliphatic rings. The third-order valence-corrected chi connectivity index (χ3v) is 5.21. The maximum atomic E-state index is 12.8. The molecule has 6 heteroatoms. The molecule has 0 aliphatic carbocycles. The average molecular weight is 375 g/mol. The predicted molar refractivity (Wildman–Crippen MR) is 91.7 cm³/mol. The number of carbonyl (C=O) groups is 1. The van der Waals surface area contributed by atoms with Crippen LogP contribution in [0.25, 0.3) is 5.69 Å². The van der Waals surface area contributed by atoms with Crippen molar-refractivity contribution in [3.63, 3.8) is 0 Å². The lowest BCUT2D eigenvalue weighted by Gasteiger charge is -2.23. The van der Waals surface area contributed by atoms with E-state index >= 15 is 0 Å². The highest BCUT2D eigenvalue weighted by molar-refractivity contribution is 9.10. The zero-order valence-electron chi connectivity index (χ0n) is 12.8. The van der Waals surface area contributed by atoms with Crippen molar-refractivity contribution in [2.24, 2.45) is 0 Å². The highest BCUT2D eigenvalue weighted by Gasteiger charge is 2.31. The van der Waals surface area contributed by atoms with Crippen LogP contribution in [-0.4, -0.2) is 45.8 Å². The van der Waals surface area contributed by atoms with Crippen LogP contribution in [0.5, 0.6) is 0 Å². The van der Waals surface area contributed by atoms with E-state index < -0.39 is 0 Å². The molecule has 2 bridgehead atoms. The summed E-state index contributed by atoms with van der Waals surface area (Å²) < 4.78 is 2.74. The van der Waals surface area contributed by atoms with Crippen molar-refractivity contribution in [1.29, 1.82) is 0 Å². The Kier molecular flexibility index (Phi) is 3.95. The summed E-state index contributed by atoms with van der Waals surface area (Å²) in [5, 5.41) is 7.95. The molecule has 1 amide bonds. The molecule has 2 saturated heterocycles. The Labute approximate surface area is 143 Å². The standard InChI is InChI=1S/C17H19BrN4O/c18-13-2-1-3-16(8-13)22-10-12(9-19-22)17(23)21-7-6-14-4-5-15(11-21)20-14/h1-3,8-10,14-15,20H,4-7,11H2. The third kappa shape index (κ3) is 3.05. The summed E-state index contributed by atoms with van der Waals surface area (Å²) in [7, 11) is 0. The fraction of sp³-hybridized carbons (Fsp3) is 0.412. The van der Waals surface area contributed by atoms with E-state index in [4.69, 9.17) is 0 Å². The van der Waals surface area contributed by atoms with Gasteiger partial charge in [0.05, 0.1) is 17.4 Å². The minimum atomic E-state index is 0.0839. The van der Waals surface area contributed by atoms with E-state index in [-0.39, 0.29) is 5.91 Å². The summed E-state index contributed by atoms with van der Waals surface area (Å²) in [5.41, 5.74) is 1.60. The first-order chi connectivity index (χ1) is 11.2. The number of nitrogens with one attached hydrogen (secondary N) is 1. The van der Waals surface area contributed by atoms with Gasteiger partial charge in [0.25, 0.3) is 5.91 Å². The Hall–Kier alpha value is -1.66. The molecule has 0 spiro atoms. The molecule has 0 saturated carbocycles. The third-order valence-electron chi connectivity index (χ3n) is 4.71. The second-order valence-corrected chi connectivity index (χ2v) is 7.25. The molecule has 1 N–H and O–H groups in total. The van der Waals surface area contributed by atoms with Crippen molar-refractivity contribution in [3.8, 4) is 5.69 Å². The fourth-order valence-electron chi connectivity index (χ4n) is 3.50. The second kappa shape index (κ2) is 6.09. The average Bonchev–Trinajstić information content (AvgIpc) is 3.13. The summed E-state index contributed by atoms with van der Waals surface area (Å²) in [6.07, 6.45) is 6.95. The molecule has 2 unspecified atom stereocenters. The number of benzene rings is 1. The molecule has 1 aromatic carbocycles. The molecule has 4 rings (SSSR count). The van der Waals surface area contributed by atoms with Gasteiger partial charge in [-0.1, -0.05) is 22.0 Å². The maximum absolute atomic E-state index is 12.8. The van der Waals surface area contributed by atoms with E-state index in [2.05, 4.69) is 26.3 Å². The van der Waals surface area contributed by atoms with Crippen molar-refractivity contribution in [2.75, 3.05) is 13.1 Å². The van der Waals surface area contributed by atoms with Crippen LogP contribution in [0.3, 0.4) is 0 Å². The maximum Gasteiger partial charge on any atom is 0.257 e. The van der Waals surface area contributed by atoms with E-state index in [1.807, 2.05) is 35.4 Å². The fourth-order valence-corrected chi connectivity index (χ4v) is 3.89. The monoisotopic (exact) mass is 374 g/mol. The zero-order chi connectivity index (χ0) is 15.8. The Morgan fingerprint density at radius 3 is 3.00 bits per heavy atom. The van der Waals surface area contributed by atoms with Crippen molar-refractivity contribution < 1.29 is 4.79 Å². The summed E-state index contributed by atoms with van der Waals surface area (Å²) in [5.74, 6) is 0.0839. The molecule has 120 valence electrons. The van der Waals surface area contributed by atoms with E-state index in [9.17, 15) is 4.79 Å². The lowest BCUT2D eigenvalue weighted by molar-refractivity contribution is 0.0748. The Morgan fingerprint density at radius 1 is 1.26 bits per heavy atom. The number of hydrogen-bond acceptors (Lipinski definition) is 3. The van der Waals surface area contributed by atoms with Crippen LogP contribution in [0.1, 0.15) is 29.6 Å². The predicted octanol–water partition coefficient (Wildman–Crippen LogP) is 2.60. The summed E-state index contributed by atoms with van der Waals surface area (Å²) in [6.45, 7) is 1.63. The first-order valence-electron chi connectivity index (χ1n) is 8.05. The molecule has 1 aromatic heterocycles. The minimum Gasteiger partial charge on any atom is -0.337 e. The molecule has 23 heavy (non-hydrogen) atoms. The van der Waals surface area contributed by atoms with Gasteiger partial charge in [0.2, 0.25) is 0 Å². The smallest absolute Gasteiger partial charge is 0.257 e. The van der Waals surface area contributed by atoms with Crippen molar-refractivity contribution in [1.82, 2.24) is 20.0 Å². The molecule has 2 aromatic rings. The van der Waals surface area contributed by atoms with Crippen LogP contribution in [0.2, 0.25) is 0 Å². The van der Waals surface area contributed by atoms with Crippen LogP contribution in [0.4, 0.5) is 0 Å². The molecule has 3 heterocycles. The molecular weight excluding hydrogens is 356 g/mol. The van der Waals surface area contributed by atoms with Gasteiger partial charge in [-0.15, -0.1) is 0 Å². The topological polar surface area (TPSA) is 50.2 Å². The van der Waals surface area contributed by atoms with Crippen LogP contribution < -0.4 is 5.32 Å². The number of amides is 1. The first-order valence-corrected chi connectivity index (χ1v) is 8.84. The summed E-state index contributed by atoms with van der Waals surface area (Å²) >= 11 is 3.46. The van der Waals surface area contributed by atoms with Crippen LogP contribution in [0.15, 0.2) is 41.1 Å². The highest BCUT2D eigenvalue weighted by Crippen LogP contribution is 2.22. The normalized spacial score (nSPS) is 23.8.